The second kappa shape index (κ2) is 3.29. The summed E-state index contributed by atoms with van der Waals surface area (Å²) in [6.45, 7) is 6.57. The van der Waals surface area contributed by atoms with E-state index in [1.165, 1.54) is 16.7 Å². The molecule has 0 atom stereocenters. The molecule has 0 amide bonds. The number of aryl methyl sites for hydroxylation is 1. The zero-order chi connectivity index (χ0) is 12.2. The number of nitrogens with one attached hydrogen (secondary N) is 1. The van der Waals surface area contributed by atoms with Crippen molar-refractivity contribution in [2.24, 2.45) is 0 Å². The number of fused-ring (bicyclic) bond motifs is 3. The Hall–Kier alpha value is -1.42. The van der Waals surface area contributed by atoms with E-state index in [2.05, 4.69) is 53.7 Å². The Morgan fingerprint density at radius 3 is 2.94 bits per heavy atom. The number of aromatic nitrogens is 3. The van der Waals surface area contributed by atoms with Crippen LogP contribution in [0.2, 0.25) is 0 Å². The zero-order valence-electron chi connectivity index (χ0n) is 10.2. The summed E-state index contributed by atoms with van der Waals surface area (Å²) in [6, 6.07) is 6.36. The van der Waals surface area contributed by atoms with Crippen LogP contribution in [0, 0.1) is 11.7 Å². The number of hydrogen-bond donors (Lipinski definition) is 1. The minimum Gasteiger partial charge on any atom is -0.294 e. The first-order valence-corrected chi connectivity index (χ1v) is 6.18. The van der Waals surface area contributed by atoms with Crippen LogP contribution >= 0.6 is 12.2 Å². The van der Waals surface area contributed by atoms with Crippen molar-refractivity contribution in [3.05, 3.63) is 34.1 Å². The molecule has 88 valence electrons. The van der Waals surface area contributed by atoms with Crippen molar-refractivity contribution in [3.63, 3.8) is 0 Å². The third kappa shape index (κ3) is 1.40. The van der Waals surface area contributed by atoms with Crippen LogP contribution in [0.15, 0.2) is 18.2 Å². The molecule has 3 nitrogen and oxygen atoms in total. The van der Waals surface area contributed by atoms with Gasteiger partial charge in [0.05, 0.1) is 0 Å². The summed E-state index contributed by atoms with van der Waals surface area (Å²) in [4.78, 5) is 0. The fourth-order valence-corrected chi connectivity index (χ4v) is 3.08. The van der Waals surface area contributed by atoms with E-state index in [-0.39, 0.29) is 5.54 Å². The number of aromatic amines is 1. The van der Waals surface area contributed by atoms with Gasteiger partial charge < -0.3 is 0 Å². The summed E-state index contributed by atoms with van der Waals surface area (Å²) in [5.41, 5.74) is 3.91. The van der Waals surface area contributed by atoms with Gasteiger partial charge in [0.15, 0.2) is 10.6 Å². The SMILES string of the molecule is Cc1cccc2c1CC(C)(C)n1c-2n[nH]c1=S. The van der Waals surface area contributed by atoms with Gasteiger partial charge in [-0.15, -0.1) is 0 Å². The van der Waals surface area contributed by atoms with Gasteiger partial charge in [-0.05, 0) is 50.5 Å². The van der Waals surface area contributed by atoms with Gasteiger partial charge >= 0.3 is 0 Å². The minimum atomic E-state index is -0.0153. The molecule has 0 radical (unpaired) electrons. The van der Waals surface area contributed by atoms with Gasteiger partial charge in [0.25, 0.3) is 0 Å². The third-order valence-corrected chi connectivity index (χ3v) is 3.81. The quantitative estimate of drug-likeness (QED) is 0.723. The average molecular weight is 245 g/mol. The highest BCUT2D eigenvalue weighted by molar-refractivity contribution is 7.71. The maximum absolute atomic E-state index is 5.33. The van der Waals surface area contributed by atoms with E-state index >= 15 is 0 Å². The highest BCUT2D eigenvalue weighted by Gasteiger charge is 2.32. The monoisotopic (exact) mass is 245 g/mol. The van der Waals surface area contributed by atoms with Gasteiger partial charge in [-0.1, -0.05) is 18.2 Å². The first-order chi connectivity index (χ1) is 8.00. The molecule has 1 aliphatic heterocycles. The van der Waals surface area contributed by atoms with Crippen LogP contribution in [0.1, 0.15) is 25.0 Å². The van der Waals surface area contributed by atoms with Crippen molar-refractivity contribution in [1.29, 1.82) is 0 Å². The van der Waals surface area contributed by atoms with E-state index in [1.54, 1.807) is 0 Å². The molecule has 1 aliphatic rings. The van der Waals surface area contributed by atoms with E-state index in [0.717, 1.165) is 12.2 Å². The van der Waals surface area contributed by atoms with Gasteiger partial charge in [0, 0.05) is 11.1 Å². The van der Waals surface area contributed by atoms with E-state index in [1.807, 2.05) is 0 Å². The fourth-order valence-electron chi connectivity index (χ4n) is 2.70. The fraction of sp³-hybridized carbons (Fsp3) is 0.385. The topological polar surface area (TPSA) is 33.6 Å². The molecule has 3 rings (SSSR count). The van der Waals surface area contributed by atoms with Crippen molar-refractivity contribution in [2.75, 3.05) is 0 Å². The van der Waals surface area contributed by atoms with E-state index < -0.39 is 0 Å². The number of hydrogen-bond acceptors (Lipinski definition) is 2. The maximum Gasteiger partial charge on any atom is 0.195 e. The summed E-state index contributed by atoms with van der Waals surface area (Å²) in [7, 11) is 0. The molecule has 1 aromatic heterocycles. The van der Waals surface area contributed by atoms with Crippen LogP contribution in [0.4, 0.5) is 0 Å². The van der Waals surface area contributed by atoms with E-state index in [9.17, 15) is 0 Å². The lowest BCUT2D eigenvalue weighted by molar-refractivity contribution is 0.343. The number of nitrogens with zero attached hydrogens (tertiary/aromatic N) is 2. The van der Waals surface area contributed by atoms with Crippen LogP contribution in [-0.2, 0) is 12.0 Å². The van der Waals surface area contributed by atoms with Crippen LogP contribution in [0.25, 0.3) is 11.4 Å². The molecule has 4 heteroatoms. The Kier molecular flexibility index (Phi) is 2.08. The zero-order valence-corrected chi connectivity index (χ0v) is 11.1. The molecule has 2 aromatic rings. The molecule has 1 N–H and O–H groups in total. The molecule has 0 spiro atoms. The number of rotatable bonds is 0. The van der Waals surface area contributed by atoms with Crippen LogP contribution < -0.4 is 0 Å². The Labute approximate surface area is 105 Å². The maximum atomic E-state index is 5.33. The van der Waals surface area contributed by atoms with Crippen LogP contribution in [-0.4, -0.2) is 14.8 Å². The van der Waals surface area contributed by atoms with Crippen molar-refractivity contribution >= 4 is 12.2 Å². The largest absolute Gasteiger partial charge is 0.294 e. The molecular weight excluding hydrogens is 230 g/mol. The van der Waals surface area contributed by atoms with Gasteiger partial charge in [0.1, 0.15) is 0 Å². The van der Waals surface area contributed by atoms with Crippen molar-refractivity contribution in [1.82, 2.24) is 14.8 Å². The predicted molar refractivity (Wildman–Crippen MR) is 70.6 cm³/mol. The summed E-state index contributed by atoms with van der Waals surface area (Å²) in [5, 5.41) is 7.29. The Balaban J connectivity index is 2.41. The standard InChI is InChI=1S/C13H15N3S/c1-8-5-4-6-9-10(8)7-13(2,3)16-11(9)14-15-12(16)17/h4-6H,7H2,1-3H3,(H,15,17). The van der Waals surface area contributed by atoms with Gasteiger partial charge in [0.2, 0.25) is 0 Å². The Morgan fingerprint density at radius 2 is 2.18 bits per heavy atom. The van der Waals surface area contributed by atoms with Crippen molar-refractivity contribution < 1.29 is 0 Å². The smallest absolute Gasteiger partial charge is 0.195 e. The van der Waals surface area contributed by atoms with Gasteiger partial charge in [-0.25, -0.2) is 0 Å². The van der Waals surface area contributed by atoms with Gasteiger partial charge in [-0.2, -0.15) is 5.10 Å². The Morgan fingerprint density at radius 1 is 1.41 bits per heavy atom. The first-order valence-electron chi connectivity index (χ1n) is 5.77. The first kappa shape index (κ1) is 10.7. The molecule has 0 unspecified atom stereocenters. The molecule has 0 bridgehead atoms. The molecular formula is C13H15N3S. The number of H-pyrrole nitrogens is 1. The average Bonchev–Trinajstić information content (AvgIpc) is 2.64. The Bertz CT molecular complexity index is 649. The highest BCUT2D eigenvalue weighted by atomic mass is 32.1. The van der Waals surface area contributed by atoms with Crippen molar-refractivity contribution in [2.45, 2.75) is 32.7 Å². The normalized spacial score (nSPS) is 16.4. The summed E-state index contributed by atoms with van der Waals surface area (Å²) >= 11 is 5.33. The van der Waals surface area contributed by atoms with E-state index in [4.69, 9.17) is 12.2 Å². The minimum absolute atomic E-state index is 0.0153. The molecule has 2 heterocycles. The summed E-state index contributed by atoms with van der Waals surface area (Å²) in [5.74, 6) is 0.963. The molecule has 0 aliphatic carbocycles. The summed E-state index contributed by atoms with van der Waals surface area (Å²) in [6.07, 6.45) is 0.996. The molecule has 0 fully saturated rings. The predicted octanol–water partition coefficient (Wildman–Crippen LogP) is 3.21. The number of benzene rings is 1. The second-order valence-corrected chi connectivity index (χ2v) is 5.66. The van der Waals surface area contributed by atoms with Crippen LogP contribution in [0.3, 0.4) is 0 Å². The molecule has 0 saturated heterocycles. The van der Waals surface area contributed by atoms with E-state index in [0.29, 0.717) is 4.77 Å². The van der Waals surface area contributed by atoms with Gasteiger partial charge in [-0.3, -0.25) is 9.67 Å². The lowest BCUT2D eigenvalue weighted by Gasteiger charge is -2.34. The highest BCUT2D eigenvalue weighted by Crippen LogP contribution is 2.37. The lowest BCUT2D eigenvalue weighted by Crippen LogP contribution is -2.33. The molecule has 17 heavy (non-hydrogen) atoms. The molecule has 1 aromatic carbocycles. The lowest BCUT2D eigenvalue weighted by atomic mass is 9.85. The van der Waals surface area contributed by atoms with Crippen molar-refractivity contribution in [3.8, 4) is 11.4 Å². The van der Waals surface area contributed by atoms with Crippen LogP contribution in [0.5, 0.6) is 0 Å². The molecule has 0 saturated carbocycles. The second-order valence-electron chi connectivity index (χ2n) is 5.28. The third-order valence-electron chi connectivity index (χ3n) is 3.54. The summed E-state index contributed by atoms with van der Waals surface area (Å²) < 4.78 is 2.83.